The fourth-order valence-corrected chi connectivity index (χ4v) is 1.96. The van der Waals surface area contributed by atoms with Gasteiger partial charge in [0, 0.05) is 5.57 Å². The molecule has 0 amide bonds. The van der Waals surface area contributed by atoms with Crippen molar-refractivity contribution < 1.29 is 9.53 Å². The molecule has 0 aliphatic heterocycles. The standard InChI is InChI=1S/C15H28O2S/c1-14(2)15(16)17-12-10-8-6-4-3-5-7-9-11-13-18/h18H,1,3-13H2,2H3. The van der Waals surface area contributed by atoms with E-state index < -0.39 is 0 Å². The molecule has 0 aromatic rings. The summed E-state index contributed by atoms with van der Waals surface area (Å²) in [6.45, 7) is 5.76. The largest absolute Gasteiger partial charge is 0.462 e. The molecule has 106 valence electrons. The molecule has 0 spiro atoms. The van der Waals surface area contributed by atoms with E-state index in [1.807, 2.05) is 0 Å². The van der Waals surface area contributed by atoms with Crippen LogP contribution < -0.4 is 0 Å². The van der Waals surface area contributed by atoms with E-state index in [1.54, 1.807) is 6.92 Å². The van der Waals surface area contributed by atoms with Crippen LogP contribution in [0, 0.1) is 0 Å². The van der Waals surface area contributed by atoms with Crippen LogP contribution in [-0.2, 0) is 9.53 Å². The number of ether oxygens (including phenoxy) is 1. The summed E-state index contributed by atoms with van der Waals surface area (Å²) < 4.78 is 5.03. The van der Waals surface area contributed by atoms with Crippen LogP contribution in [0.15, 0.2) is 12.2 Å². The average molecular weight is 272 g/mol. The molecule has 0 atom stereocenters. The molecule has 0 aliphatic rings. The van der Waals surface area contributed by atoms with Crippen LogP contribution in [0.1, 0.15) is 64.7 Å². The molecule has 0 bridgehead atoms. The molecule has 0 heterocycles. The molecule has 3 heteroatoms. The van der Waals surface area contributed by atoms with Crippen molar-refractivity contribution in [1.29, 1.82) is 0 Å². The van der Waals surface area contributed by atoms with Gasteiger partial charge in [0.2, 0.25) is 0 Å². The summed E-state index contributed by atoms with van der Waals surface area (Å²) in [6, 6.07) is 0. The molecule has 0 saturated carbocycles. The van der Waals surface area contributed by atoms with Gasteiger partial charge >= 0.3 is 5.97 Å². The highest BCUT2D eigenvalue weighted by Gasteiger charge is 2.01. The van der Waals surface area contributed by atoms with Gasteiger partial charge in [-0.2, -0.15) is 12.6 Å². The average Bonchev–Trinajstić information content (AvgIpc) is 2.35. The lowest BCUT2D eigenvalue weighted by Crippen LogP contribution is -2.05. The molecule has 0 fully saturated rings. The number of unbranched alkanes of at least 4 members (excludes halogenated alkanes) is 8. The zero-order chi connectivity index (χ0) is 13.6. The first kappa shape index (κ1) is 17.6. The van der Waals surface area contributed by atoms with E-state index in [0.717, 1.165) is 18.6 Å². The van der Waals surface area contributed by atoms with E-state index in [-0.39, 0.29) is 5.97 Å². The molecule has 0 aromatic heterocycles. The van der Waals surface area contributed by atoms with Gasteiger partial charge in [-0.15, -0.1) is 0 Å². The fraction of sp³-hybridized carbons (Fsp3) is 0.800. The van der Waals surface area contributed by atoms with E-state index >= 15 is 0 Å². The van der Waals surface area contributed by atoms with Crippen molar-refractivity contribution in [3.8, 4) is 0 Å². The summed E-state index contributed by atoms with van der Waals surface area (Å²) in [5.41, 5.74) is 0.483. The quantitative estimate of drug-likeness (QED) is 0.244. The van der Waals surface area contributed by atoms with Crippen molar-refractivity contribution in [3.05, 3.63) is 12.2 Å². The number of rotatable bonds is 12. The Hall–Kier alpha value is -0.440. The predicted molar refractivity (Wildman–Crippen MR) is 81.2 cm³/mol. The first-order valence-electron chi connectivity index (χ1n) is 7.12. The molecular formula is C15H28O2S. The van der Waals surface area contributed by atoms with Crippen molar-refractivity contribution in [1.82, 2.24) is 0 Å². The normalized spacial score (nSPS) is 10.3. The Bertz CT molecular complexity index is 227. The molecule has 0 unspecified atom stereocenters. The molecular weight excluding hydrogens is 244 g/mol. The Labute approximate surface area is 118 Å². The summed E-state index contributed by atoms with van der Waals surface area (Å²) in [4.78, 5) is 11.1. The molecule has 0 radical (unpaired) electrons. The van der Waals surface area contributed by atoms with Crippen LogP contribution in [0.3, 0.4) is 0 Å². The first-order valence-corrected chi connectivity index (χ1v) is 7.75. The van der Waals surface area contributed by atoms with Gasteiger partial charge in [0.05, 0.1) is 6.61 Å². The molecule has 0 saturated heterocycles. The SMILES string of the molecule is C=C(C)C(=O)OCCCCCCCCCCCS. The van der Waals surface area contributed by atoms with Gasteiger partial charge in [-0.3, -0.25) is 0 Å². The van der Waals surface area contributed by atoms with Crippen molar-refractivity contribution in [2.75, 3.05) is 12.4 Å². The molecule has 0 aromatic carbocycles. The minimum absolute atomic E-state index is 0.265. The van der Waals surface area contributed by atoms with Crippen LogP contribution in [0.5, 0.6) is 0 Å². The minimum Gasteiger partial charge on any atom is -0.462 e. The van der Waals surface area contributed by atoms with Crippen LogP contribution in [-0.4, -0.2) is 18.3 Å². The van der Waals surface area contributed by atoms with Crippen molar-refractivity contribution in [2.24, 2.45) is 0 Å². The van der Waals surface area contributed by atoms with E-state index in [1.165, 1.54) is 44.9 Å². The third-order valence-electron chi connectivity index (χ3n) is 2.88. The van der Waals surface area contributed by atoms with Crippen molar-refractivity contribution >= 4 is 18.6 Å². The Balaban J connectivity index is 3.07. The Morgan fingerprint density at radius 1 is 0.944 bits per heavy atom. The zero-order valence-electron chi connectivity index (χ0n) is 11.7. The van der Waals surface area contributed by atoms with Crippen molar-refractivity contribution in [3.63, 3.8) is 0 Å². The molecule has 0 rings (SSSR count). The third-order valence-corrected chi connectivity index (χ3v) is 3.20. The summed E-state index contributed by atoms with van der Waals surface area (Å²) in [6.07, 6.45) is 11.3. The highest BCUT2D eigenvalue weighted by Crippen LogP contribution is 2.10. The summed E-state index contributed by atoms with van der Waals surface area (Å²) in [5.74, 6) is 0.752. The van der Waals surface area contributed by atoms with Gasteiger partial charge in [-0.1, -0.05) is 51.5 Å². The van der Waals surface area contributed by atoms with E-state index in [2.05, 4.69) is 19.2 Å². The van der Waals surface area contributed by atoms with Crippen LogP contribution in [0.2, 0.25) is 0 Å². The summed E-state index contributed by atoms with van der Waals surface area (Å²) in [7, 11) is 0. The van der Waals surface area contributed by atoms with Crippen LogP contribution in [0.4, 0.5) is 0 Å². The topological polar surface area (TPSA) is 26.3 Å². The lowest BCUT2D eigenvalue weighted by atomic mass is 10.1. The van der Waals surface area contributed by atoms with E-state index in [0.29, 0.717) is 12.2 Å². The number of esters is 1. The monoisotopic (exact) mass is 272 g/mol. The Kier molecular flexibility index (Phi) is 12.7. The molecule has 18 heavy (non-hydrogen) atoms. The van der Waals surface area contributed by atoms with Gasteiger partial charge in [0.1, 0.15) is 0 Å². The maximum atomic E-state index is 11.1. The maximum absolute atomic E-state index is 11.1. The summed E-state index contributed by atoms with van der Waals surface area (Å²) in [5, 5.41) is 0. The van der Waals surface area contributed by atoms with Gasteiger partial charge in [-0.05, 0) is 25.5 Å². The van der Waals surface area contributed by atoms with Crippen molar-refractivity contribution in [2.45, 2.75) is 64.7 Å². The Morgan fingerprint density at radius 3 is 1.83 bits per heavy atom. The molecule has 0 aliphatic carbocycles. The van der Waals surface area contributed by atoms with Crippen LogP contribution >= 0.6 is 12.6 Å². The smallest absolute Gasteiger partial charge is 0.333 e. The number of carbonyl (C=O) groups is 1. The fourth-order valence-electron chi connectivity index (χ4n) is 1.74. The lowest BCUT2D eigenvalue weighted by Gasteiger charge is -2.04. The van der Waals surface area contributed by atoms with Gasteiger partial charge in [0.25, 0.3) is 0 Å². The third kappa shape index (κ3) is 12.0. The van der Waals surface area contributed by atoms with Gasteiger partial charge in [-0.25, -0.2) is 4.79 Å². The number of hydrogen-bond donors (Lipinski definition) is 1. The lowest BCUT2D eigenvalue weighted by molar-refractivity contribution is -0.139. The van der Waals surface area contributed by atoms with Gasteiger partial charge in [0.15, 0.2) is 0 Å². The van der Waals surface area contributed by atoms with E-state index in [9.17, 15) is 4.79 Å². The highest BCUT2D eigenvalue weighted by atomic mass is 32.1. The number of thiol groups is 1. The van der Waals surface area contributed by atoms with Crippen LogP contribution in [0.25, 0.3) is 0 Å². The second-order valence-corrected chi connectivity index (χ2v) is 5.27. The van der Waals surface area contributed by atoms with Gasteiger partial charge < -0.3 is 4.74 Å². The first-order chi connectivity index (χ1) is 8.68. The second-order valence-electron chi connectivity index (χ2n) is 4.82. The number of hydrogen-bond acceptors (Lipinski definition) is 3. The summed E-state index contributed by atoms with van der Waals surface area (Å²) >= 11 is 4.20. The number of carbonyl (C=O) groups excluding carboxylic acids is 1. The van der Waals surface area contributed by atoms with E-state index in [4.69, 9.17) is 4.74 Å². The predicted octanol–water partition coefficient (Wildman–Crippen LogP) is 4.55. The molecule has 0 N–H and O–H groups in total. The maximum Gasteiger partial charge on any atom is 0.333 e. The minimum atomic E-state index is -0.265. The molecule has 2 nitrogen and oxygen atoms in total. The Morgan fingerprint density at radius 2 is 1.39 bits per heavy atom. The highest BCUT2D eigenvalue weighted by molar-refractivity contribution is 7.80. The second kappa shape index (κ2) is 13.0. The zero-order valence-corrected chi connectivity index (χ0v) is 12.6.